The van der Waals surface area contributed by atoms with E-state index in [0.717, 1.165) is 10.9 Å². The summed E-state index contributed by atoms with van der Waals surface area (Å²) in [5.74, 6) is 0.487. The molecule has 0 aromatic carbocycles. The van der Waals surface area contributed by atoms with Crippen molar-refractivity contribution in [2.75, 3.05) is 0 Å². The van der Waals surface area contributed by atoms with Gasteiger partial charge >= 0.3 is 0 Å². The second-order valence-electron chi connectivity index (χ2n) is 5.90. The van der Waals surface area contributed by atoms with Crippen LogP contribution in [-0.4, -0.2) is 9.97 Å². The lowest BCUT2D eigenvalue weighted by molar-refractivity contribution is 0.558. The van der Waals surface area contributed by atoms with E-state index in [0.29, 0.717) is 5.92 Å². The van der Waals surface area contributed by atoms with Gasteiger partial charge in [0.25, 0.3) is 0 Å². The SMILES string of the molecule is CC(C)c1cc2cnccc2nc1C(C)(C)C. The van der Waals surface area contributed by atoms with Gasteiger partial charge < -0.3 is 0 Å². The molecule has 2 nitrogen and oxygen atoms in total. The van der Waals surface area contributed by atoms with Crippen LogP contribution in [0.1, 0.15) is 51.8 Å². The van der Waals surface area contributed by atoms with Crippen molar-refractivity contribution in [3.05, 3.63) is 35.8 Å². The highest BCUT2D eigenvalue weighted by molar-refractivity contribution is 5.78. The molecule has 0 spiro atoms. The van der Waals surface area contributed by atoms with E-state index < -0.39 is 0 Å². The van der Waals surface area contributed by atoms with Crippen molar-refractivity contribution >= 4 is 10.9 Å². The standard InChI is InChI=1S/C15H20N2/c1-10(2)12-8-11-9-16-7-6-13(11)17-14(12)15(3,4)5/h6-10H,1-5H3. The van der Waals surface area contributed by atoms with Crippen molar-refractivity contribution in [1.82, 2.24) is 9.97 Å². The Hall–Kier alpha value is -1.44. The van der Waals surface area contributed by atoms with Crippen molar-refractivity contribution in [2.45, 2.75) is 46.0 Å². The van der Waals surface area contributed by atoms with E-state index in [-0.39, 0.29) is 5.41 Å². The van der Waals surface area contributed by atoms with Gasteiger partial charge in [0.15, 0.2) is 0 Å². The van der Waals surface area contributed by atoms with Crippen molar-refractivity contribution in [3.8, 4) is 0 Å². The van der Waals surface area contributed by atoms with E-state index in [4.69, 9.17) is 4.98 Å². The molecule has 0 bridgehead atoms. The molecule has 2 heterocycles. The normalized spacial score (nSPS) is 12.4. The summed E-state index contributed by atoms with van der Waals surface area (Å²) < 4.78 is 0. The van der Waals surface area contributed by atoms with Crippen molar-refractivity contribution in [2.24, 2.45) is 0 Å². The van der Waals surface area contributed by atoms with Crippen molar-refractivity contribution in [3.63, 3.8) is 0 Å². The van der Waals surface area contributed by atoms with Gasteiger partial charge in [0.1, 0.15) is 0 Å². The summed E-state index contributed by atoms with van der Waals surface area (Å²) in [7, 11) is 0. The number of fused-ring (bicyclic) bond motifs is 1. The second-order valence-corrected chi connectivity index (χ2v) is 5.90. The lowest BCUT2D eigenvalue weighted by Gasteiger charge is -2.24. The van der Waals surface area contributed by atoms with E-state index >= 15 is 0 Å². The number of aromatic nitrogens is 2. The Morgan fingerprint density at radius 2 is 1.88 bits per heavy atom. The van der Waals surface area contributed by atoms with Crippen LogP contribution in [0.4, 0.5) is 0 Å². The van der Waals surface area contributed by atoms with Gasteiger partial charge in [0, 0.05) is 28.9 Å². The van der Waals surface area contributed by atoms with E-state index in [1.807, 2.05) is 12.3 Å². The first-order valence-corrected chi connectivity index (χ1v) is 6.15. The van der Waals surface area contributed by atoms with Gasteiger partial charge in [-0.15, -0.1) is 0 Å². The van der Waals surface area contributed by atoms with Gasteiger partial charge in [-0.3, -0.25) is 9.97 Å². The van der Waals surface area contributed by atoms with Crippen LogP contribution >= 0.6 is 0 Å². The van der Waals surface area contributed by atoms with E-state index in [2.05, 4.69) is 45.7 Å². The fourth-order valence-corrected chi connectivity index (χ4v) is 2.07. The fraction of sp³-hybridized carbons (Fsp3) is 0.467. The molecule has 0 atom stereocenters. The number of pyridine rings is 2. The van der Waals surface area contributed by atoms with Crippen LogP contribution in [-0.2, 0) is 5.41 Å². The van der Waals surface area contributed by atoms with Crippen LogP contribution in [0.2, 0.25) is 0 Å². The highest BCUT2D eigenvalue weighted by Gasteiger charge is 2.21. The number of hydrogen-bond acceptors (Lipinski definition) is 2. The summed E-state index contributed by atoms with van der Waals surface area (Å²) in [4.78, 5) is 8.99. The smallest absolute Gasteiger partial charge is 0.0736 e. The van der Waals surface area contributed by atoms with Gasteiger partial charge in [0.2, 0.25) is 0 Å². The molecule has 0 radical (unpaired) electrons. The largest absolute Gasteiger partial charge is 0.264 e. The predicted octanol–water partition coefficient (Wildman–Crippen LogP) is 4.05. The Morgan fingerprint density at radius 1 is 1.18 bits per heavy atom. The molecule has 0 amide bonds. The lowest BCUT2D eigenvalue weighted by Crippen LogP contribution is -2.17. The molecule has 0 saturated heterocycles. The molecule has 0 aliphatic heterocycles. The third-order valence-electron chi connectivity index (χ3n) is 2.98. The average Bonchev–Trinajstić information content (AvgIpc) is 2.26. The molecule has 2 aromatic rings. The highest BCUT2D eigenvalue weighted by atomic mass is 14.7. The van der Waals surface area contributed by atoms with Crippen LogP contribution in [0.3, 0.4) is 0 Å². The second kappa shape index (κ2) is 4.10. The van der Waals surface area contributed by atoms with Crippen LogP contribution in [0.5, 0.6) is 0 Å². The monoisotopic (exact) mass is 228 g/mol. The highest BCUT2D eigenvalue weighted by Crippen LogP contribution is 2.31. The Balaban J connectivity index is 2.75. The topological polar surface area (TPSA) is 25.8 Å². The minimum Gasteiger partial charge on any atom is -0.264 e. The van der Waals surface area contributed by atoms with Crippen LogP contribution < -0.4 is 0 Å². The maximum atomic E-state index is 4.83. The lowest BCUT2D eigenvalue weighted by atomic mass is 9.84. The summed E-state index contributed by atoms with van der Waals surface area (Å²) in [6.07, 6.45) is 3.69. The van der Waals surface area contributed by atoms with Gasteiger partial charge in [-0.2, -0.15) is 0 Å². The van der Waals surface area contributed by atoms with Gasteiger partial charge in [0.05, 0.1) is 5.52 Å². The minimum absolute atomic E-state index is 0.0804. The van der Waals surface area contributed by atoms with Gasteiger partial charge in [-0.05, 0) is 23.6 Å². The molecular weight excluding hydrogens is 208 g/mol. The summed E-state index contributed by atoms with van der Waals surface area (Å²) in [6, 6.07) is 4.22. The Kier molecular flexibility index (Phi) is 2.90. The van der Waals surface area contributed by atoms with E-state index in [9.17, 15) is 0 Å². The quantitative estimate of drug-likeness (QED) is 0.736. The maximum absolute atomic E-state index is 4.83. The first-order valence-electron chi connectivity index (χ1n) is 6.15. The molecule has 0 aliphatic rings. The molecular formula is C15H20N2. The predicted molar refractivity (Wildman–Crippen MR) is 72.3 cm³/mol. The van der Waals surface area contributed by atoms with Crippen LogP contribution in [0.25, 0.3) is 10.9 Å². The molecule has 17 heavy (non-hydrogen) atoms. The van der Waals surface area contributed by atoms with Crippen molar-refractivity contribution in [1.29, 1.82) is 0 Å². The molecule has 0 N–H and O–H groups in total. The molecule has 2 heteroatoms. The van der Waals surface area contributed by atoms with Crippen LogP contribution in [0.15, 0.2) is 24.5 Å². The average molecular weight is 228 g/mol. The molecule has 2 rings (SSSR count). The zero-order chi connectivity index (χ0) is 12.6. The molecule has 90 valence electrons. The van der Waals surface area contributed by atoms with Crippen molar-refractivity contribution < 1.29 is 0 Å². The molecule has 0 saturated carbocycles. The summed E-state index contributed by atoms with van der Waals surface area (Å²) >= 11 is 0. The number of rotatable bonds is 1. The minimum atomic E-state index is 0.0804. The first kappa shape index (κ1) is 12.0. The zero-order valence-electron chi connectivity index (χ0n) is 11.3. The Labute approximate surface area is 103 Å². The zero-order valence-corrected chi connectivity index (χ0v) is 11.3. The maximum Gasteiger partial charge on any atom is 0.0736 e. The third kappa shape index (κ3) is 2.31. The fourth-order valence-electron chi connectivity index (χ4n) is 2.07. The summed E-state index contributed by atoms with van der Waals surface area (Å²) in [5, 5.41) is 1.13. The van der Waals surface area contributed by atoms with Gasteiger partial charge in [-0.25, -0.2) is 0 Å². The van der Waals surface area contributed by atoms with E-state index in [1.165, 1.54) is 11.3 Å². The number of hydrogen-bond donors (Lipinski definition) is 0. The number of nitrogens with zero attached hydrogens (tertiary/aromatic N) is 2. The third-order valence-corrected chi connectivity index (χ3v) is 2.98. The first-order chi connectivity index (χ1) is 7.89. The molecule has 0 fully saturated rings. The molecule has 0 aliphatic carbocycles. The van der Waals surface area contributed by atoms with E-state index in [1.54, 1.807) is 6.20 Å². The summed E-state index contributed by atoms with van der Waals surface area (Å²) in [5.41, 5.74) is 3.65. The Bertz CT molecular complexity index is 536. The Morgan fingerprint density at radius 3 is 2.47 bits per heavy atom. The van der Waals surface area contributed by atoms with Crippen LogP contribution in [0, 0.1) is 0 Å². The molecule has 0 unspecified atom stereocenters. The molecule has 2 aromatic heterocycles. The summed E-state index contributed by atoms with van der Waals surface area (Å²) in [6.45, 7) is 11.1. The van der Waals surface area contributed by atoms with Gasteiger partial charge in [-0.1, -0.05) is 34.6 Å².